The van der Waals surface area contributed by atoms with Gasteiger partial charge < -0.3 is 15.3 Å². The van der Waals surface area contributed by atoms with Crippen LogP contribution >= 0.6 is 0 Å². The highest BCUT2D eigenvalue weighted by atomic mass is 32.2. The van der Waals surface area contributed by atoms with Gasteiger partial charge >= 0.3 is 0 Å². The summed E-state index contributed by atoms with van der Waals surface area (Å²) in [6.45, 7) is 4.89. The summed E-state index contributed by atoms with van der Waals surface area (Å²) in [6.07, 6.45) is 5.27. The van der Waals surface area contributed by atoms with Crippen molar-refractivity contribution in [3.63, 3.8) is 0 Å². The monoisotopic (exact) mass is 306 g/mol. The molecule has 0 spiro atoms. The average Bonchev–Trinajstić information content (AvgIpc) is 2.34. The van der Waals surface area contributed by atoms with E-state index < -0.39 is 9.84 Å². The maximum atomic E-state index is 11.3. The van der Waals surface area contributed by atoms with Crippen LogP contribution in [0.2, 0.25) is 0 Å². The van der Waals surface area contributed by atoms with E-state index in [4.69, 9.17) is 0 Å². The fourth-order valence-electron chi connectivity index (χ4n) is 3.13. The predicted octanol–water partition coefficient (Wildman–Crippen LogP) is 0.635. The third-order valence-electron chi connectivity index (χ3n) is 4.15. The van der Waals surface area contributed by atoms with E-state index in [1.54, 1.807) is 0 Å². The van der Waals surface area contributed by atoms with Crippen LogP contribution in [0.5, 0.6) is 0 Å². The SMILES string of the molecule is CC(C)NC1(CO)CCCC(N(C)CCS(C)(=O)=O)C1. The number of nitrogens with one attached hydrogen (secondary N) is 1. The molecule has 5 nitrogen and oxygen atoms in total. The van der Waals surface area contributed by atoms with Gasteiger partial charge in [0, 0.05) is 30.4 Å². The summed E-state index contributed by atoms with van der Waals surface area (Å²) in [5.41, 5.74) is -0.212. The van der Waals surface area contributed by atoms with Gasteiger partial charge in [0.15, 0.2) is 0 Å². The maximum Gasteiger partial charge on any atom is 0.148 e. The van der Waals surface area contributed by atoms with Gasteiger partial charge in [-0.3, -0.25) is 0 Å². The molecule has 2 atom stereocenters. The minimum absolute atomic E-state index is 0.140. The second-order valence-corrected chi connectivity index (χ2v) is 8.86. The molecule has 0 heterocycles. The van der Waals surface area contributed by atoms with Gasteiger partial charge in [0.05, 0.1) is 12.4 Å². The van der Waals surface area contributed by atoms with E-state index in [2.05, 4.69) is 24.1 Å². The van der Waals surface area contributed by atoms with Crippen LogP contribution in [0, 0.1) is 0 Å². The zero-order valence-corrected chi connectivity index (χ0v) is 14.0. The first kappa shape index (κ1) is 17.9. The van der Waals surface area contributed by atoms with Crippen LogP contribution in [0.3, 0.4) is 0 Å². The summed E-state index contributed by atoms with van der Waals surface area (Å²) in [5, 5.41) is 13.3. The Morgan fingerprint density at radius 2 is 2.10 bits per heavy atom. The molecular formula is C14H30N2O3S. The van der Waals surface area contributed by atoms with Crippen molar-refractivity contribution in [1.29, 1.82) is 0 Å². The third-order valence-corrected chi connectivity index (χ3v) is 5.08. The Hall–Kier alpha value is -0.170. The molecule has 20 heavy (non-hydrogen) atoms. The number of sulfone groups is 1. The Kier molecular flexibility index (Phi) is 6.44. The molecule has 0 bridgehead atoms. The van der Waals surface area contributed by atoms with Crippen molar-refractivity contribution in [3.05, 3.63) is 0 Å². The Morgan fingerprint density at radius 3 is 2.60 bits per heavy atom. The number of hydrogen-bond donors (Lipinski definition) is 2. The molecule has 0 aliphatic heterocycles. The van der Waals surface area contributed by atoms with E-state index in [-0.39, 0.29) is 17.9 Å². The van der Waals surface area contributed by atoms with Crippen molar-refractivity contribution in [3.8, 4) is 0 Å². The molecule has 2 N–H and O–H groups in total. The van der Waals surface area contributed by atoms with E-state index in [0.29, 0.717) is 18.6 Å². The Labute approximate surface area is 123 Å². The lowest BCUT2D eigenvalue weighted by atomic mass is 9.78. The Morgan fingerprint density at radius 1 is 1.45 bits per heavy atom. The molecule has 0 saturated heterocycles. The first-order valence-corrected chi connectivity index (χ1v) is 9.50. The number of nitrogens with zero attached hydrogens (tertiary/aromatic N) is 1. The zero-order chi connectivity index (χ0) is 15.4. The first-order chi connectivity index (χ1) is 9.17. The van der Waals surface area contributed by atoms with Crippen LogP contribution in [0.15, 0.2) is 0 Å². The summed E-state index contributed by atoms with van der Waals surface area (Å²) in [6, 6.07) is 0.672. The molecule has 1 aliphatic rings. The second-order valence-electron chi connectivity index (χ2n) is 6.60. The highest BCUT2D eigenvalue weighted by molar-refractivity contribution is 7.90. The van der Waals surface area contributed by atoms with Crippen molar-refractivity contribution in [2.24, 2.45) is 0 Å². The molecule has 0 radical (unpaired) electrons. The third kappa shape index (κ3) is 5.68. The highest BCUT2D eigenvalue weighted by Gasteiger charge is 2.37. The minimum Gasteiger partial charge on any atom is -0.394 e. The van der Waals surface area contributed by atoms with Crippen LogP contribution in [0.4, 0.5) is 0 Å². The second kappa shape index (κ2) is 7.20. The number of rotatable bonds is 7. The molecule has 1 rings (SSSR count). The predicted molar refractivity (Wildman–Crippen MR) is 82.7 cm³/mol. The smallest absolute Gasteiger partial charge is 0.148 e. The molecule has 0 aromatic rings. The lowest BCUT2D eigenvalue weighted by molar-refractivity contribution is 0.0659. The van der Waals surface area contributed by atoms with Crippen molar-refractivity contribution in [1.82, 2.24) is 10.2 Å². The molecule has 6 heteroatoms. The van der Waals surface area contributed by atoms with E-state index in [1.165, 1.54) is 6.26 Å². The normalized spacial score (nSPS) is 28.2. The van der Waals surface area contributed by atoms with Gasteiger partial charge in [-0.2, -0.15) is 0 Å². The average molecular weight is 306 g/mol. The van der Waals surface area contributed by atoms with Gasteiger partial charge in [-0.25, -0.2) is 8.42 Å². The highest BCUT2D eigenvalue weighted by Crippen LogP contribution is 2.31. The van der Waals surface area contributed by atoms with Gasteiger partial charge in [-0.1, -0.05) is 13.8 Å². The van der Waals surface area contributed by atoms with Crippen LogP contribution in [-0.4, -0.2) is 68.3 Å². The summed E-state index contributed by atoms with van der Waals surface area (Å²) < 4.78 is 22.5. The van der Waals surface area contributed by atoms with E-state index in [0.717, 1.165) is 25.7 Å². The molecule has 0 aromatic heterocycles. The van der Waals surface area contributed by atoms with Crippen LogP contribution in [0.1, 0.15) is 39.5 Å². The van der Waals surface area contributed by atoms with Crippen LogP contribution in [-0.2, 0) is 9.84 Å². The summed E-state index contributed by atoms with van der Waals surface area (Å²) in [5.74, 6) is 0.198. The van der Waals surface area contributed by atoms with Crippen molar-refractivity contribution < 1.29 is 13.5 Å². The molecule has 120 valence electrons. The van der Waals surface area contributed by atoms with Crippen molar-refractivity contribution in [2.45, 2.75) is 57.2 Å². The fraction of sp³-hybridized carbons (Fsp3) is 1.00. The number of aliphatic hydroxyl groups excluding tert-OH is 1. The summed E-state index contributed by atoms with van der Waals surface area (Å²) >= 11 is 0. The lowest BCUT2D eigenvalue weighted by Gasteiger charge is -2.44. The Bertz CT molecular complexity index is 397. The molecular weight excluding hydrogens is 276 g/mol. The zero-order valence-electron chi connectivity index (χ0n) is 13.2. The van der Waals surface area contributed by atoms with Crippen LogP contribution < -0.4 is 5.32 Å². The first-order valence-electron chi connectivity index (χ1n) is 7.44. The standard InChI is InChI=1S/C14H30N2O3S/c1-12(2)15-14(11-17)7-5-6-13(10-14)16(3)8-9-20(4,18)19/h12-13,15,17H,5-11H2,1-4H3. The number of aliphatic hydroxyl groups is 1. The number of hydrogen-bond acceptors (Lipinski definition) is 5. The maximum absolute atomic E-state index is 11.3. The van der Waals surface area contributed by atoms with Gasteiger partial charge in [0.25, 0.3) is 0 Å². The molecule has 2 unspecified atom stereocenters. The summed E-state index contributed by atoms with van der Waals surface area (Å²) in [4.78, 5) is 2.13. The van der Waals surface area contributed by atoms with E-state index >= 15 is 0 Å². The van der Waals surface area contributed by atoms with Gasteiger partial charge in [0.1, 0.15) is 9.84 Å². The van der Waals surface area contributed by atoms with Crippen LogP contribution in [0.25, 0.3) is 0 Å². The largest absolute Gasteiger partial charge is 0.394 e. The molecule has 1 fully saturated rings. The van der Waals surface area contributed by atoms with Gasteiger partial charge in [-0.15, -0.1) is 0 Å². The van der Waals surface area contributed by atoms with Gasteiger partial charge in [0.2, 0.25) is 0 Å². The van der Waals surface area contributed by atoms with Crippen molar-refractivity contribution in [2.75, 3.05) is 32.2 Å². The minimum atomic E-state index is -2.92. The molecule has 1 saturated carbocycles. The fourth-order valence-corrected chi connectivity index (χ4v) is 3.75. The Balaban J connectivity index is 2.62. The van der Waals surface area contributed by atoms with Crippen molar-refractivity contribution >= 4 is 9.84 Å². The quantitative estimate of drug-likeness (QED) is 0.722. The summed E-state index contributed by atoms with van der Waals surface area (Å²) in [7, 11) is -0.933. The lowest BCUT2D eigenvalue weighted by Crippen LogP contribution is -2.57. The van der Waals surface area contributed by atoms with E-state index in [1.807, 2.05) is 7.05 Å². The topological polar surface area (TPSA) is 69.6 Å². The van der Waals surface area contributed by atoms with Gasteiger partial charge in [-0.05, 0) is 32.7 Å². The molecule has 0 aromatic carbocycles. The molecule has 1 aliphatic carbocycles. The molecule has 0 amide bonds. The van der Waals surface area contributed by atoms with E-state index in [9.17, 15) is 13.5 Å².